The molecule has 0 bridgehead atoms. The van der Waals surface area contributed by atoms with Gasteiger partial charge < -0.3 is 10.4 Å². The smallest absolute Gasteiger partial charge is 0.317 e. The van der Waals surface area contributed by atoms with Crippen LogP contribution in [0.4, 0.5) is 0 Å². The molecule has 0 saturated heterocycles. The number of aliphatic carboxylic acids is 1. The lowest BCUT2D eigenvalue weighted by atomic mass is 9.78. The standard InChI is InChI=1S/C13H27NO2/c1-12(2,3)6-7-13(4,5)8-9-14-10-11(15)16/h14H,6-10H2,1-5H3,(H,15,16). The first-order valence-corrected chi connectivity index (χ1v) is 6.05. The Balaban J connectivity index is 3.74. The van der Waals surface area contributed by atoms with Gasteiger partial charge in [0.1, 0.15) is 0 Å². The summed E-state index contributed by atoms with van der Waals surface area (Å²) in [5, 5.41) is 11.4. The van der Waals surface area contributed by atoms with E-state index in [-0.39, 0.29) is 6.54 Å². The molecule has 0 aliphatic carbocycles. The summed E-state index contributed by atoms with van der Waals surface area (Å²) >= 11 is 0. The second-order valence-electron chi connectivity index (χ2n) is 6.55. The zero-order chi connectivity index (χ0) is 12.8. The number of rotatable bonds is 7. The lowest BCUT2D eigenvalue weighted by Crippen LogP contribution is -2.27. The molecule has 3 heteroatoms. The molecule has 0 fully saturated rings. The minimum absolute atomic E-state index is 0.0648. The van der Waals surface area contributed by atoms with Crippen LogP contribution in [0.2, 0.25) is 0 Å². The number of hydrogen-bond acceptors (Lipinski definition) is 2. The van der Waals surface area contributed by atoms with E-state index in [9.17, 15) is 4.79 Å². The molecule has 0 aromatic rings. The fourth-order valence-corrected chi connectivity index (χ4v) is 1.46. The molecule has 0 heterocycles. The van der Waals surface area contributed by atoms with E-state index in [0.29, 0.717) is 10.8 Å². The van der Waals surface area contributed by atoms with Gasteiger partial charge in [-0.25, -0.2) is 0 Å². The van der Waals surface area contributed by atoms with Crippen molar-refractivity contribution in [1.82, 2.24) is 5.32 Å². The Morgan fingerprint density at radius 2 is 1.62 bits per heavy atom. The SMILES string of the molecule is CC(C)(C)CCC(C)(C)CCNCC(=O)O. The van der Waals surface area contributed by atoms with E-state index in [4.69, 9.17) is 5.11 Å². The van der Waals surface area contributed by atoms with E-state index in [1.165, 1.54) is 12.8 Å². The first kappa shape index (κ1) is 15.4. The van der Waals surface area contributed by atoms with Crippen LogP contribution in [0.1, 0.15) is 53.9 Å². The molecule has 0 atom stereocenters. The van der Waals surface area contributed by atoms with Crippen molar-refractivity contribution in [2.75, 3.05) is 13.1 Å². The maximum absolute atomic E-state index is 10.3. The molecule has 3 nitrogen and oxygen atoms in total. The quantitative estimate of drug-likeness (QED) is 0.660. The fourth-order valence-electron chi connectivity index (χ4n) is 1.46. The summed E-state index contributed by atoms with van der Waals surface area (Å²) in [4.78, 5) is 10.3. The van der Waals surface area contributed by atoms with Gasteiger partial charge in [0.05, 0.1) is 6.54 Å². The van der Waals surface area contributed by atoms with Gasteiger partial charge in [-0.15, -0.1) is 0 Å². The van der Waals surface area contributed by atoms with Gasteiger partial charge in [0.2, 0.25) is 0 Å². The van der Waals surface area contributed by atoms with E-state index in [2.05, 4.69) is 39.9 Å². The van der Waals surface area contributed by atoms with E-state index >= 15 is 0 Å². The average molecular weight is 229 g/mol. The summed E-state index contributed by atoms with van der Waals surface area (Å²) in [5.41, 5.74) is 0.671. The lowest BCUT2D eigenvalue weighted by Gasteiger charge is -2.29. The van der Waals surface area contributed by atoms with Crippen LogP contribution >= 0.6 is 0 Å². The number of carboxylic acid groups (broad SMARTS) is 1. The molecule has 2 N–H and O–H groups in total. The minimum atomic E-state index is -0.785. The number of carboxylic acids is 1. The Hall–Kier alpha value is -0.570. The highest BCUT2D eigenvalue weighted by Gasteiger charge is 2.21. The van der Waals surface area contributed by atoms with Crippen molar-refractivity contribution in [3.8, 4) is 0 Å². The van der Waals surface area contributed by atoms with Gasteiger partial charge in [0.25, 0.3) is 0 Å². The highest BCUT2D eigenvalue weighted by atomic mass is 16.4. The molecule has 0 unspecified atom stereocenters. The van der Waals surface area contributed by atoms with Crippen LogP contribution in [-0.4, -0.2) is 24.2 Å². The van der Waals surface area contributed by atoms with Crippen molar-refractivity contribution in [2.24, 2.45) is 10.8 Å². The molecule has 0 aliphatic rings. The van der Waals surface area contributed by atoms with Gasteiger partial charge in [0, 0.05) is 0 Å². The van der Waals surface area contributed by atoms with Gasteiger partial charge in [0.15, 0.2) is 0 Å². The van der Waals surface area contributed by atoms with Crippen LogP contribution in [0.5, 0.6) is 0 Å². The summed E-state index contributed by atoms with van der Waals surface area (Å²) in [6.07, 6.45) is 3.42. The minimum Gasteiger partial charge on any atom is -0.480 e. The van der Waals surface area contributed by atoms with Crippen molar-refractivity contribution in [3.05, 3.63) is 0 Å². The van der Waals surface area contributed by atoms with Crippen molar-refractivity contribution < 1.29 is 9.90 Å². The molecule has 0 radical (unpaired) electrons. The van der Waals surface area contributed by atoms with E-state index in [1.807, 2.05) is 0 Å². The first-order chi connectivity index (χ1) is 7.12. The molecule has 0 saturated carbocycles. The molecular weight excluding hydrogens is 202 g/mol. The maximum Gasteiger partial charge on any atom is 0.317 e. The third-order valence-corrected chi connectivity index (χ3v) is 2.81. The molecule has 96 valence electrons. The summed E-state index contributed by atoms with van der Waals surface area (Å²) in [6, 6.07) is 0. The van der Waals surface area contributed by atoms with Crippen LogP contribution < -0.4 is 5.32 Å². The van der Waals surface area contributed by atoms with Gasteiger partial charge in [-0.2, -0.15) is 0 Å². The lowest BCUT2D eigenvalue weighted by molar-refractivity contribution is -0.135. The van der Waals surface area contributed by atoms with Crippen molar-refractivity contribution in [2.45, 2.75) is 53.9 Å². The molecule has 0 rings (SSSR count). The molecule has 0 amide bonds. The van der Waals surface area contributed by atoms with Crippen LogP contribution in [0, 0.1) is 10.8 Å². The van der Waals surface area contributed by atoms with E-state index in [1.54, 1.807) is 0 Å². The maximum atomic E-state index is 10.3. The number of hydrogen-bond donors (Lipinski definition) is 2. The first-order valence-electron chi connectivity index (χ1n) is 6.05. The largest absolute Gasteiger partial charge is 0.480 e. The third kappa shape index (κ3) is 9.97. The van der Waals surface area contributed by atoms with Crippen LogP contribution in [0.25, 0.3) is 0 Å². The molecular formula is C13H27NO2. The van der Waals surface area contributed by atoms with Gasteiger partial charge in [-0.3, -0.25) is 4.79 Å². The monoisotopic (exact) mass is 229 g/mol. The third-order valence-electron chi connectivity index (χ3n) is 2.81. The van der Waals surface area contributed by atoms with Gasteiger partial charge >= 0.3 is 5.97 Å². The normalized spacial score (nSPS) is 12.8. The van der Waals surface area contributed by atoms with Crippen molar-refractivity contribution in [3.63, 3.8) is 0 Å². The van der Waals surface area contributed by atoms with E-state index < -0.39 is 5.97 Å². The Labute approximate surface area is 99.6 Å². The molecule has 0 spiro atoms. The van der Waals surface area contributed by atoms with Gasteiger partial charge in [-0.05, 0) is 36.6 Å². The fraction of sp³-hybridized carbons (Fsp3) is 0.923. The highest BCUT2D eigenvalue weighted by molar-refractivity contribution is 5.68. The highest BCUT2D eigenvalue weighted by Crippen LogP contribution is 2.32. The topological polar surface area (TPSA) is 49.3 Å². The summed E-state index contributed by atoms with van der Waals surface area (Å²) in [5.74, 6) is -0.785. The molecule has 0 aliphatic heterocycles. The van der Waals surface area contributed by atoms with Crippen molar-refractivity contribution >= 4 is 5.97 Å². The molecule has 16 heavy (non-hydrogen) atoms. The summed E-state index contributed by atoms with van der Waals surface area (Å²) < 4.78 is 0. The van der Waals surface area contributed by atoms with E-state index in [0.717, 1.165) is 13.0 Å². The number of carbonyl (C=O) groups is 1. The summed E-state index contributed by atoms with van der Waals surface area (Å²) in [6.45, 7) is 12.1. The van der Waals surface area contributed by atoms with Crippen molar-refractivity contribution in [1.29, 1.82) is 0 Å². The Morgan fingerprint density at radius 3 is 2.06 bits per heavy atom. The summed E-state index contributed by atoms with van der Waals surface area (Å²) in [7, 11) is 0. The van der Waals surface area contributed by atoms with Crippen LogP contribution in [0.15, 0.2) is 0 Å². The number of nitrogens with one attached hydrogen (secondary N) is 1. The molecule has 0 aromatic carbocycles. The zero-order valence-electron chi connectivity index (χ0n) is 11.4. The van der Waals surface area contributed by atoms with Gasteiger partial charge in [-0.1, -0.05) is 34.6 Å². The second kappa shape index (κ2) is 6.24. The van der Waals surface area contributed by atoms with Crippen LogP contribution in [0.3, 0.4) is 0 Å². The second-order valence-corrected chi connectivity index (χ2v) is 6.55. The average Bonchev–Trinajstić information content (AvgIpc) is 2.08. The Kier molecular flexibility index (Phi) is 6.01. The Bertz CT molecular complexity index is 216. The predicted molar refractivity (Wildman–Crippen MR) is 67.6 cm³/mol. The molecule has 0 aromatic heterocycles. The Morgan fingerprint density at radius 1 is 1.06 bits per heavy atom. The predicted octanol–water partition coefficient (Wildman–Crippen LogP) is 2.90. The zero-order valence-corrected chi connectivity index (χ0v) is 11.4. The van der Waals surface area contributed by atoms with Crippen LogP contribution in [-0.2, 0) is 4.79 Å².